The first-order valence-electron chi connectivity index (χ1n) is 4.82. The molecule has 1 aromatic heterocycles. The highest BCUT2D eigenvalue weighted by molar-refractivity contribution is 7.88. The van der Waals surface area contributed by atoms with Crippen LogP contribution >= 0.6 is 22.9 Å². The summed E-state index contributed by atoms with van der Waals surface area (Å²) in [5, 5.41) is 3.21. The Morgan fingerprint density at radius 3 is 2.62 bits per heavy atom. The number of hydrogen-bond donors (Lipinski definition) is 2. The first-order valence-corrected chi connectivity index (χ1v) is 7.90. The smallest absolute Gasteiger partial charge is 0.208 e. The summed E-state index contributed by atoms with van der Waals surface area (Å²) in [5.41, 5.74) is 0. The molecule has 0 fully saturated rings. The number of halogens is 1. The minimum atomic E-state index is -3.09. The van der Waals surface area contributed by atoms with E-state index in [9.17, 15) is 8.42 Å². The van der Waals surface area contributed by atoms with Crippen molar-refractivity contribution in [3.05, 3.63) is 21.3 Å². The summed E-state index contributed by atoms with van der Waals surface area (Å²) >= 11 is 7.35. The third kappa shape index (κ3) is 5.27. The lowest BCUT2D eigenvalue weighted by Crippen LogP contribution is -2.32. The maximum absolute atomic E-state index is 10.8. The molecule has 4 nitrogen and oxygen atoms in total. The van der Waals surface area contributed by atoms with E-state index < -0.39 is 10.0 Å². The highest BCUT2D eigenvalue weighted by Gasteiger charge is 2.07. The summed E-state index contributed by atoms with van der Waals surface area (Å²) in [7, 11) is -3.09. The number of nitrogens with one attached hydrogen (secondary N) is 2. The molecule has 1 aromatic rings. The van der Waals surface area contributed by atoms with Crippen molar-refractivity contribution in [3.63, 3.8) is 0 Å². The Morgan fingerprint density at radius 1 is 1.44 bits per heavy atom. The maximum atomic E-state index is 10.8. The van der Waals surface area contributed by atoms with Gasteiger partial charge in [-0.05, 0) is 19.1 Å². The molecule has 0 radical (unpaired) electrons. The number of sulfonamides is 1. The summed E-state index contributed by atoms with van der Waals surface area (Å²) in [6.07, 6.45) is 1.15. The Balaban J connectivity index is 2.28. The molecule has 7 heteroatoms. The largest absolute Gasteiger partial charge is 0.308 e. The molecule has 0 amide bonds. The van der Waals surface area contributed by atoms with Crippen molar-refractivity contribution in [1.82, 2.24) is 10.0 Å². The minimum absolute atomic E-state index is 0.180. The van der Waals surface area contributed by atoms with E-state index in [1.54, 1.807) is 0 Å². The average Bonchev–Trinajstić information content (AvgIpc) is 2.57. The summed E-state index contributed by atoms with van der Waals surface area (Å²) in [6, 6.07) is 4.00. The predicted molar refractivity (Wildman–Crippen MR) is 68.6 cm³/mol. The van der Waals surface area contributed by atoms with Crippen molar-refractivity contribution in [2.75, 3.05) is 19.3 Å². The van der Waals surface area contributed by atoms with Gasteiger partial charge in [0.1, 0.15) is 0 Å². The Hall–Kier alpha value is -0.140. The van der Waals surface area contributed by atoms with Gasteiger partial charge in [0, 0.05) is 24.0 Å². The molecule has 0 aliphatic carbocycles. The quantitative estimate of drug-likeness (QED) is 0.779. The van der Waals surface area contributed by atoms with Gasteiger partial charge in [0.2, 0.25) is 10.0 Å². The zero-order chi connectivity index (χ0) is 12.2. The monoisotopic (exact) mass is 282 g/mol. The predicted octanol–water partition coefficient (Wildman–Crippen LogP) is 1.60. The van der Waals surface area contributed by atoms with Crippen molar-refractivity contribution in [3.8, 4) is 0 Å². The fourth-order valence-corrected chi connectivity index (χ4v) is 2.75. The van der Waals surface area contributed by atoms with Crippen molar-refractivity contribution in [2.24, 2.45) is 0 Å². The van der Waals surface area contributed by atoms with Crippen molar-refractivity contribution in [1.29, 1.82) is 0 Å². The molecule has 0 saturated carbocycles. The van der Waals surface area contributed by atoms with Crippen LogP contribution in [0.3, 0.4) is 0 Å². The van der Waals surface area contributed by atoms with Crippen LogP contribution in [-0.2, 0) is 10.0 Å². The molecule has 0 aliphatic rings. The van der Waals surface area contributed by atoms with Gasteiger partial charge in [-0.2, -0.15) is 0 Å². The molecule has 0 bridgehead atoms. The number of rotatable bonds is 6. The summed E-state index contributed by atoms with van der Waals surface area (Å²) in [6.45, 7) is 2.99. The third-order valence-corrected chi connectivity index (χ3v) is 4.10. The number of hydrogen-bond acceptors (Lipinski definition) is 4. The van der Waals surface area contributed by atoms with Crippen LogP contribution in [0.15, 0.2) is 12.1 Å². The topological polar surface area (TPSA) is 58.2 Å². The standard InChI is InChI=1S/C9H15ClN2O2S2/c1-7(8-3-4-9(10)15-8)11-5-6-12-16(2,13)14/h3-4,7,11-12H,5-6H2,1-2H3. The van der Waals surface area contributed by atoms with Crippen LogP contribution in [-0.4, -0.2) is 27.8 Å². The van der Waals surface area contributed by atoms with Crippen LogP contribution < -0.4 is 10.0 Å². The normalized spacial score (nSPS) is 13.9. The molecule has 16 heavy (non-hydrogen) atoms. The lowest BCUT2D eigenvalue weighted by atomic mass is 10.3. The van der Waals surface area contributed by atoms with Gasteiger partial charge in [0.05, 0.1) is 10.6 Å². The van der Waals surface area contributed by atoms with Gasteiger partial charge >= 0.3 is 0 Å². The van der Waals surface area contributed by atoms with Crippen LogP contribution in [0.5, 0.6) is 0 Å². The van der Waals surface area contributed by atoms with Crippen LogP contribution in [0, 0.1) is 0 Å². The van der Waals surface area contributed by atoms with E-state index in [1.165, 1.54) is 11.3 Å². The highest BCUT2D eigenvalue weighted by atomic mass is 35.5. The molecule has 2 N–H and O–H groups in total. The molecule has 1 rings (SSSR count). The molecule has 0 aromatic carbocycles. The van der Waals surface area contributed by atoms with E-state index in [0.717, 1.165) is 15.5 Å². The molecule has 0 aliphatic heterocycles. The van der Waals surface area contributed by atoms with E-state index in [2.05, 4.69) is 10.0 Å². The molecule has 92 valence electrons. The van der Waals surface area contributed by atoms with E-state index in [-0.39, 0.29) is 6.04 Å². The lowest BCUT2D eigenvalue weighted by molar-refractivity contribution is 0.560. The van der Waals surface area contributed by atoms with E-state index >= 15 is 0 Å². The third-order valence-electron chi connectivity index (χ3n) is 1.96. The molecule has 1 atom stereocenters. The van der Waals surface area contributed by atoms with Crippen molar-refractivity contribution in [2.45, 2.75) is 13.0 Å². The van der Waals surface area contributed by atoms with Gasteiger partial charge in [-0.15, -0.1) is 11.3 Å². The van der Waals surface area contributed by atoms with Gasteiger partial charge in [0.15, 0.2) is 0 Å². The zero-order valence-corrected chi connectivity index (χ0v) is 11.5. The van der Waals surface area contributed by atoms with Crippen LogP contribution in [0.2, 0.25) is 4.34 Å². The van der Waals surface area contributed by atoms with Gasteiger partial charge in [-0.1, -0.05) is 11.6 Å². The lowest BCUT2D eigenvalue weighted by Gasteiger charge is -2.11. The highest BCUT2D eigenvalue weighted by Crippen LogP contribution is 2.26. The van der Waals surface area contributed by atoms with Gasteiger partial charge < -0.3 is 5.32 Å². The SMILES string of the molecule is CC(NCCNS(C)(=O)=O)c1ccc(Cl)s1. The molecular formula is C9H15ClN2O2S2. The molecule has 1 heterocycles. The maximum Gasteiger partial charge on any atom is 0.208 e. The summed E-state index contributed by atoms with van der Waals surface area (Å²) in [5.74, 6) is 0. The first kappa shape index (κ1) is 13.9. The second kappa shape index (κ2) is 5.97. The van der Waals surface area contributed by atoms with Gasteiger partial charge in [-0.3, -0.25) is 0 Å². The Bertz CT molecular complexity index is 430. The van der Waals surface area contributed by atoms with Crippen molar-refractivity contribution >= 4 is 33.0 Å². The van der Waals surface area contributed by atoms with Crippen LogP contribution in [0.1, 0.15) is 17.8 Å². The summed E-state index contributed by atoms with van der Waals surface area (Å²) in [4.78, 5) is 1.14. The average molecular weight is 283 g/mol. The zero-order valence-electron chi connectivity index (χ0n) is 9.16. The second-order valence-electron chi connectivity index (χ2n) is 3.48. The van der Waals surface area contributed by atoms with Crippen LogP contribution in [0.4, 0.5) is 0 Å². The van der Waals surface area contributed by atoms with Crippen molar-refractivity contribution < 1.29 is 8.42 Å². The first-order chi connectivity index (χ1) is 7.38. The Morgan fingerprint density at radius 2 is 2.12 bits per heavy atom. The molecular weight excluding hydrogens is 268 g/mol. The van der Waals surface area contributed by atoms with Gasteiger partial charge in [0.25, 0.3) is 0 Å². The van der Waals surface area contributed by atoms with Crippen LogP contribution in [0.25, 0.3) is 0 Å². The second-order valence-corrected chi connectivity index (χ2v) is 7.06. The fraction of sp³-hybridized carbons (Fsp3) is 0.556. The fourth-order valence-electron chi connectivity index (χ4n) is 1.19. The van der Waals surface area contributed by atoms with E-state index in [4.69, 9.17) is 11.6 Å². The van der Waals surface area contributed by atoms with E-state index in [1.807, 2.05) is 19.1 Å². The Kier molecular flexibility index (Phi) is 5.20. The minimum Gasteiger partial charge on any atom is -0.308 e. The summed E-state index contributed by atoms with van der Waals surface area (Å²) < 4.78 is 24.8. The van der Waals surface area contributed by atoms with Gasteiger partial charge in [-0.25, -0.2) is 13.1 Å². The molecule has 0 saturated heterocycles. The molecule has 1 unspecified atom stereocenters. The van der Waals surface area contributed by atoms with E-state index in [0.29, 0.717) is 13.1 Å². The number of thiophene rings is 1. The Labute approximate surface area is 105 Å². The molecule has 0 spiro atoms.